The van der Waals surface area contributed by atoms with Gasteiger partial charge in [0.1, 0.15) is 5.75 Å². The molecule has 2 N–H and O–H groups in total. The second kappa shape index (κ2) is 9.10. The molecule has 0 atom stereocenters. The molecule has 0 aliphatic rings. The second-order valence-corrected chi connectivity index (χ2v) is 8.47. The number of aromatic amines is 1. The number of anilines is 1. The number of ether oxygens (including phenoxy) is 1. The van der Waals surface area contributed by atoms with Crippen molar-refractivity contribution in [2.45, 2.75) is 12.1 Å². The van der Waals surface area contributed by atoms with Crippen molar-refractivity contribution in [2.24, 2.45) is 0 Å². The number of methoxy groups -OCH3 is 1. The number of hydrogen-bond donors (Lipinski definition) is 2. The summed E-state index contributed by atoms with van der Waals surface area (Å²) in [4.78, 5) is 22.4. The Hall–Kier alpha value is -3.17. The van der Waals surface area contributed by atoms with E-state index in [2.05, 4.69) is 25.5 Å². The van der Waals surface area contributed by atoms with Crippen LogP contribution < -0.4 is 10.1 Å². The van der Waals surface area contributed by atoms with Crippen molar-refractivity contribution in [1.82, 2.24) is 20.2 Å². The van der Waals surface area contributed by atoms with Gasteiger partial charge in [-0.3, -0.25) is 9.89 Å². The first-order valence-corrected chi connectivity index (χ1v) is 10.9. The predicted octanol–water partition coefficient (Wildman–Crippen LogP) is 4.64. The second-order valence-electron chi connectivity index (χ2n) is 6.32. The molecule has 2 aromatic heterocycles. The Morgan fingerprint density at radius 3 is 2.60 bits per heavy atom. The Labute approximate surface area is 181 Å². The average Bonchev–Trinajstić information content (AvgIpc) is 3.39. The molecule has 152 valence electrons. The molecule has 7 nitrogen and oxygen atoms in total. The van der Waals surface area contributed by atoms with Gasteiger partial charge in [-0.15, -0.1) is 16.4 Å². The summed E-state index contributed by atoms with van der Waals surface area (Å²) in [6, 6.07) is 17.4. The third kappa shape index (κ3) is 4.69. The van der Waals surface area contributed by atoms with E-state index in [0.29, 0.717) is 16.1 Å². The van der Waals surface area contributed by atoms with Crippen LogP contribution in [0.25, 0.3) is 22.6 Å². The van der Waals surface area contributed by atoms with E-state index in [4.69, 9.17) is 4.74 Å². The molecule has 1 amide bonds. The summed E-state index contributed by atoms with van der Waals surface area (Å²) in [6.07, 6.45) is 0. The molecule has 0 unspecified atom stereocenters. The predicted molar refractivity (Wildman–Crippen MR) is 120 cm³/mol. The minimum atomic E-state index is -0.149. The maximum Gasteiger partial charge on any atom is 0.236 e. The first-order valence-electron chi connectivity index (χ1n) is 9.14. The quantitative estimate of drug-likeness (QED) is 0.409. The topological polar surface area (TPSA) is 92.8 Å². The summed E-state index contributed by atoms with van der Waals surface area (Å²) in [6.45, 7) is 2.00. The highest BCUT2D eigenvalue weighted by atomic mass is 32.2. The van der Waals surface area contributed by atoms with E-state index in [1.807, 2.05) is 61.5 Å². The lowest BCUT2D eigenvalue weighted by atomic mass is 10.1. The molecule has 0 bridgehead atoms. The number of aromatic nitrogens is 4. The lowest BCUT2D eigenvalue weighted by Gasteiger charge is -2.00. The SMILES string of the molecule is COc1ccc(-c2nc(SCC(=O)Nc3nc(-c4ccccc4)c(C)s3)n[nH]2)cc1. The number of benzene rings is 2. The van der Waals surface area contributed by atoms with E-state index in [0.717, 1.165) is 27.4 Å². The average molecular weight is 438 g/mol. The third-order valence-electron chi connectivity index (χ3n) is 4.25. The normalized spacial score (nSPS) is 10.7. The molecule has 9 heteroatoms. The van der Waals surface area contributed by atoms with Crippen molar-refractivity contribution in [2.75, 3.05) is 18.2 Å². The molecule has 2 heterocycles. The zero-order valence-electron chi connectivity index (χ0n) is 16.4. The summed E-state index contributed by atoms with van der Waals surface area (Å²) < 4.78 is 5.16. The highest BCUT2D eigenvalue weighted by Gasteiger charge is 2.13. The number of nitrogens with zero attached hydrogens (tertiary/aromatic N) is 3. The molecular formula is C21H19N5O2S2. The fourth-order valence-electron chi connectivity index (χ4n) is 2.79. The van der Waals surface area contributed by atoms with Crippen molar-refractivity contribution >= 4 is 34.1 Å². The fourth-order valence-corrected chi connectivity index (χ4v) is 4.24. The summed E-state index contributed by atoms with van der Waals surface area (Å²) >= 11 is 2.73. The molecule has 0 spiro atoms. The van der Waals surface area contributed by atoms with Gasteiger partial charge < -0.3 is 10.1 Å². The molecule has 0 aliphatic carbocycles. The molecule has 0 radical (unpaired) electrons. The molecule has 0 saturated heterocycles. The standard InChI is InChI=1S/C21H19N5O2S2/c1-13-18(14-6-4-3-5-7-14)23-20(30-13)22-17(27)12-29-21-24-19(25-26-21)15-8-10-16(28-2)11-9-15/h3-11H,12H2,1-2H3,(H,22,23,27)(H,24,25,26). The Kier molecular flexibility index (Phi) is 6.10. The van der Waals surface area contributed by atoms with E-state index in [1.165, 1.54) is 23.1 Å². The zero-order chi connectivity index (χ0) is 20.9. The van der Waals surface area contributed by atoms with Crippen LogP contribution in [0.15, 0.2) is 59.8 Å². The van der Waals surface area contributed by atoms with Crippen LogP contribution in [0.2, 0.25) is 0 Å². The minimum Gasteiger partial charge on any atom is -0.497 e. The Morgan fingerprint density at radius 1 is 1.10 bits per heavy atom. The summed E-state index contributed by atoms with van der Waals surface area (Å²) in [5.74, 6) is 1.46. The molecule has 2 aromatic carbocycles. The van der Waals surface area contributed by atoms with E-state index < -0.39 is 0 Å². The Balaban J connectivity index is 1.35. The number of carbonyl (C=O) groups is 1. The monoisotopic (exact) mass is 437 g/mol. The van der Waals surface area contributed by atoms with E-state index >= 15 is 0 Å². The van der Waals surface area contributed by atoms with Crippen molar-refractivity contribution < 1.29 is 9.53 Å². The van der Waals surface area contributed by atoms with Crippen LogP contribution in [0, 0.1) is 6.92 Å². The highest BCUT2D eigenvalue weighted by Crippen LogP contribution is 2.30. The minimum absolute atomic E-state index is 0.149. The maximum atomic E-state index is 12.3. The molecule has 4 rings (SSSR count). The van der Waals surface area contributed by atoms with Gasteiger partial charge in [0.15, 0.2) is 11.0 Å². The van der Waals surface area contributed by atoms with Gasteiger partial charge in [0.2, 0.25) is 11.1 Å². The third-order valence-corrected chi connectivity index (χ3v) is 5.98. The van der Waals surface area contributed by atoms with Gasteiger partial charge in [-0.1, -0.05) is 42.1 Å². The van der Waals surface area contributed by atoms with E-state index in [9.17, 15) is 4.79 Å². The highest BCUT2D eigenvalue weighted by molar-refractivity contribution is 7.99. The van der Waals surface area contributed by atoms with Crippen LogP contribution in [-0.2, 0) is 4.79 Å². The smallest absolute Gasteiger partial charge is 0.236 e. The van der Waals surface area contributed by atoms with Crippen molar-refractivity contribution in [1.29, 1.82) is 0 Å². The number of amides is 1. The van der Waals surface area contributed by atoms with Crippen LogP contribution in [0.4, 0.5) is 5.13 Å². The molecular weight excluding hydrogens is 418 g/mol. The largest absolute Gasteiger partial charge is 0.497 e. The number of carbonyl (C=O) groups excluding carboxylic acids is 1. The number of nitrogens with one attached hydrogen (secondary N) is 2. The number of rotatable bonds is 7. The summed E-state index contributed by atoms with van der Waals surface area (Å²) in [5.41, 5.74) is 2.82. The van der Waals surface area contributed by atoms with Gasteiger partial charge in [0.05, 0.1) is 18.6 Å². The zero-order valence-corrected chi connectivity index (χ0v) is 18.0. The van der Waals surface area contributed by atoms with Crippen LogP contribution in [0.5, 0.6) is 5.75 Å². The lowest BCUT2D eigenvalue weighted by molar-refractivity contribution is -0.113. The molecule has 0 fully saturated rings. The molecule has 4 aromatic rings. The van der Waals surface area contributed by atoms with Crippen molar-refractivity contribution in [3.8, 4) is 28.4 Å². The first-order chi connectivity index (χ1) is 14.6. The number of aryl methyl sites for hydroxylation is 1. The molecule has 30 heavy (non-hydrogen) atoms. The Morgan fingerprint density at radius 2 is 1.87 bits per heavy atom. The van der Waals surface area contributed by atoms with Gasteiger partial charge in [-0.05, 0) is 31.2 Å². The lowest BCUT2D eigenvalue weighted by Crippen LogP contribution is -2.13. The Bertz CT molecular complexity index is 1140. The van der Waals surface area contributed by atoms with Gasteiger partial charge in [0.25, 0.3) is 0 Å². The van der Waals surface area contributed by atoms with Crippen molar-refractivity contribution in [3.63, 3.8) is 0 Å². The van der Waals surface area contributed by atoms with Gasteiger partial charge in [-0.2, -0.15) is 0 Å². The number of thiazole rings is 1. The number of thioether (sulfide) groups is 1. The van der Waals surface area contributed by atoms with E-state index in [-0.39, 0.29) is 11.7 Å². The number of hydrogen-bond acceptors (Lipinski definition) is 7. The summed E-state index contributed by atoms with van der Waals surface area (Å²) in [5, 5.41) is 11.0. The van der Waals surface area contributed by atoms with Crippen LogP contribution >= 0.6 is 23.1 Å². The summed E-state index contributed by atoms with van der Waals surface area (Å²) in [7, 11) is 1.62. The van der Waals surface area contributed by atoms with Crippen LogP contribution in [0.3, 0.4) is 0 Å². The van der Waals surface area contributed by atoms with Gasteiger partial charge >= 0.3 is 0 Å². The molecule has 0 saturated carbocycles. The van der Waals surface area contributed by atoms with Crippen LogP contribution in [-0.4, -0.2) is 38.9 Å². The number of H-pyrrole nitrogens is 1. The van der Waals surface area contributed by atoms with Gasteiger partial charge in [0, 0.05) is 16.0 Å². The maximum absolute atomic E-state index is 12.3. The molecule has 0 aliphatic heterocycles. The first kappa shape index (κ1) is 20.1. The van der Waals surface area contributed by atoms with Crippen molar-refractivity contribution in [3.05, 3.63) is 59.5 Å². The van der Waals surface area contributed by atoms with Gasteiger partial charge in [-0.25, -0.2) is 9.97 Å². The van der Waals surface area contributed by atoms with Crippen LogP contribution in [0.1, 0.15) is 4.88 Å². The van der Waals surface area contributed by atoms with E-state index in [1.54, 1.807) is 7.11 Å². The fraction of sp³-hybridized carbons (Fsp3) is 0.143.